The number of aromatic carboxylic acids is 1. The minimum atomic E-state index is -1.18. The highest BCUT2D eigenvalue weighted by molar-refractivity contribution is 7.11. The lowest BCUT2D eigenvalue weighted by Gasteiger charge is -2.30. The highest BCUT2D eigenvalue weighted by atomic mass is 32.1. The number of rotatable bonds is 4. The topological polar surface area (TPSA) is 83.6 Å². The fraction of sp³-hybridized carbons (Fsp3) is 0.438. The summed E-state index contributed by atoms with van der Waals surface area (Å²) in [6, 6.07) is 2.69. The largest absolute Gasteiger partial charge is 0.475 e. The van der Waals surface area contributed by atoms with Crippen LogP contribution in [0, 0.1) is 0 Å². The van der Waals surface area contributed by atoms with Crippen LogP contribution in [0.1, 0.15) is 62.5 Å². The van der Waals surface area contributed by atoms with Crippen molar-refractivity contribution < 1.29 is 19.1 Å². The first-order valence-corrected chi connectivity index (χ1v) is 8.41. The molecule has 0 bridgehead atoms. The number of hydrogen-bond acceptors (Lipinski definition) is 5. The van der Waals surface area contributed by atoms with E-state index in [9.17, 15) is 9.59 Å². The molecule has 0 saturated carbocycles. The van der Waals surface area contributed by atoms with Crippen LogP contribution in [0.25, 0.3) is 0 Å². The molecule has 0 radical (unpaired) electrons. The number of hydrogen-bond donors (Lipinski definition) is 1. The molecule has 1 atom stereocenters. The lowest BCUT2D eigenvalue weighted by Crippen LogP contribution is -2.32. The van der Waals surface area contributed by atoms with E-state index in [-0.39, 0.29) is 23.5 Å². The van der Waals surface area contributed by atoms with Crippen LogP contribution in [0.4, 0.5) is 0 Å². The summed E-state index contributed by atoms with van der Waals surface area (Å²) in [7, 11) is 1.73. The van der Waals surface area contributed by atoms with Crippen molar-refractivity contribution in [3.63, 3.8) is 0 Å². The smallest absolute Gasteiger partial charge is 0.371 e. The molecule has 1 aliphatic rings. The molecule has 0 aliphatic heterocycles. The Hall–Kier alpha value is -2.15. The molecular formula is C16H18N2O4S. The van der Waals surface area contributed by atoms with Crippen molar-refractivity contribution in [2.75, 3.05) is 7.05 Å². The Morgan fingerprint density at radius 3 is 2.83 bits per heavy atom. The molecule has 0 unspecified atom stereocenters. The second-order valence-corrected chi connectivity index (χ2v) is 6.68. The monoisotopic (exact) mass is 334 g/mol. The first-order valence-electron chi connectivity index (χ1n) is 7.60. The number of thiazole rings is 1. The molecule has 2 heterocycles. The Balaban J connectivity index is 1.85. The van der Waals surface area contributed by atoms with Crippen molar-refractivity contribution in [2.45, 2.75) is 38.6 Å². The number of carboxylic acids is 1. The van der Waals surface area contributed by atoms with E-state index in [2.05, 4.69) is 11.9 Å². The van der Waals surface area contributed by atoms with Crippen molar-refractivity contribution in [3.05, 3.63) is 39.2 Å². The van der Waals surface area contributed by atoms with E-state index in [1.807, 2.05) is 0 Å². The van der Waals surface area contributed by atoms with Crippen LogP contribution in [0.5, 0.6) is 0 Å². The van der Waals surface area contributed by atoms with Gasteiger partial charge >= 0.3 is 5.97 Å². The zero-order valence-corrected chi connectivity index (χ0v) is 13.9. The number of carboxylic acid groups (broad SMARTS) is 1. The quantitative estimate of drug-likeness (QED) is 0.928. The zero-order chi connectivity index (χ0) is 16.6. The fourth-order valence-corrected chi connectivity index (χ4v) is 4.08. The van der Waals surface area contributed by atoms with Crippen molar-refractivity contribution >= 4 is 23.2 Å². The maximum atomic E-state index is 12.6. The molecule has 122 valence electrons. The summed E-state index contributed by atoms with van der Waals surface area (Å²) in [4.78, 5) is 30.9. The van der Waals surface area contributed by atoms with Gasteiger partial charge in [-0.25, -0.2) is 9.78 Å². The van der Waals surface area contributed by atoms with E-state index >= 15 is 0 Å². The van der Waals surface area contributed by atoms with Crippen LogP contribution < -0.4 is 0 Å². The highest BCUT2D eigenvalue weighted by Gasteiger charge is 2.31. The van der Waals surface area contributed by atoms with E-state index < -0.39 is 5.97 Å². The van der Waals surface area contributed by atoms with Gasteiger partial charge in [-0.2, -0.15) is 0 Å². The molecule has 23 heavy (non-hydrogen) atoms. The highest BCUT2D eigenvalue weighted by Crippen LogP contribution is 2.38. The Kier molecular flexibility index (Phi) is 4.21. The van der Waals surface area contributed by atoms with Gasteiger partial charge in [-0.1, -0.05) is 6.92 Å². The standard InChI is InChI=1S/C16H18N2O4S/c1-3-13-17-9-5-4-6-10(14(9)23-13)18(2)15(19)11-7-8-12(22-11)16(20)21/h7-8,10H,3-6H2,1-2H3,(H,20,21)/t10-/m0/s1. The molecule has 0 aromatic carbocycles. The third kappa shape index (κ3) is 2.88. The number of nitrogens with zero attached hydrogens (tertiary/aromatic N) is 2. The predicted molar refractivity (Wildman–Crippen MR) is 84.9 cm³/mol. The predicted octanol–water partition coefficient (Wildman–Crippen LogP) is 3.15. The summed E-state index contributed by atoms with van der Waals surface area (Å²) in [6.45, 7) is 2.07. The van der Waals surface area contributed by atoms with Crippen LogP contribution in [0.15, 0.2) is 16.5 Å². The van der Waals surface area contributed by atoms with Gasteiger partial charge in [0, 0.05) is 7.05 Å². The summed E-state index contributed by atoms with van der Waals surface area (Å²) in [5, 5.41) is 9.99. The first-order chi connectivity index (χ1) is 11.0. The number of fused-ring (bicyclic) bond motifs is 1. The van der Waals surface area contributed by atoms with Crippen molar-refractivity contribution in [3.8, 4) is 0 Å². The molecule has 7 heteroatoms. The number of aromatic nitrogens is 1. The summed E-state index contributed by atoms with van der Waals surface area (Å²) in [6.07, 6.45) is 3.71. The third-order valence-electron chi connectivity index (χ3n) is 4.08. The average Bonchev–Trinajstić information content (AvgIpc) is 3.19. The van der Waals surface area contributed by atoms with Gasteiger partial charge in [-0.15, -0.1) is 11.3 Å². The van der Waals surface area contributed by atoms with Gasteiger partial charge < -0.3 is 14.4 Å². The first kappa shape index (κ1) is 15.7. The van der Waals surface area contributed by atoms with Gasteiger partial charge in [0.2, 0.25) is 5.76 Å². The van der Waals surface area contributed by atoms with Crippen LogP contribution in [0.3, 0.4) is 0 Å². The lowest BCUT2D eigenvalue weighted by molar-refractivity contribution is 0.0640. The number of aryl methyl sites for hydroxylation is 2. The summed E-state index contributed by atoms with van der Waals surface area (Å²) in [5.41, 5.74) is 1.09. The average molecular weight is 334 g/mol. The number of furan rings is 1. The van der Waals surface area contributed by atoms with Crippen LogP contribution >= 0.6 is 11.3 Å². The molecule has 1 aliphatic carbocycles. The van der Waals surface area contributed by atoms with E-state index in [1.54, 1.807) is 23.3 Å². The van der Waals surface area contributed by atoms with Gasteiger partial charge in [0.25, 0.3) is 5.91 Å². The molecule has 1 N–H and O–H groups in total. The Morgan fingerprint density at radius 2 is 2.17 bits per heavy atom. The maximum absolute atomic E-state index is 12.6. The van der Waals surface area contributed by atoms with Crippen LogP contribution in [-0.4, -0.2) is 33.9 Å². The Morgan fingerprint density at radius 1 is 1.43 bits per heavy atom. The SMILES string of the molecule is CCc1nc2c(s1)[C@@H](N(C)C(=O)c1ccc(C(=O)O)o1)CCC2. The molecule has 6 nitrogen and oxygen atoms in total. The second-order valence-electron chi connectivity index (χ2n) is 5.57. The molecule has 1 amide bonds. The second kappa shape index (κ2) is 6.16. The molecule has 0 spiro atoms. The maximum Gasteiger partial charge on any atom is 0.371 e. The number of carbonyl (C=O) groups excluding carboxylic acids is 1. The normalized spacial score (nSPS) is 16.9. The number of carbonyl (C=O) groups is 2. The van der Waals surface area contributed by atoms with Gasteiger partial charge in [0.05, 0.1) is 21.6 Å². The summed E-state index contributed by atoms with van der Waals surface area (Å²) < 4.78 is 5.13. The molecule has 2 aromatic heterocycles. The molecule has 0 saturated heterocycles. The third-order valence-corrected chi connectivity index (χ3v) is 5.43. The molecular weight excluding hydrogens is 316 g/mol. The minimum absolute atomic E-state index is 0.0255. The summed E-state index contributed by atoms with van der Waals surface area (Å²) >= 11 is 1.66. The fourth-order valence-electron chi connectivity index (χ4n) is 2.85. The van der Waals surface area contributed by atoms with Gasteiger partial charge in [0.1, 0.15) is 0 Å². The van der Waals surface area contributed by atoms with E-state index in [1.165, 1.54) is 12.1 Å². The lowest BCUT2D eigenvalue weighted by atomic mass is 9.97. The molecule has 2 aromatic rings. The van der Waals surface area contributed by atoms with Crippen molar-refractivity contribution in [1.82, 2.24) is 9.88 Å². The van der Waals surface area contributed by atoms with Crippen LogP contribution in [-0.2, 0) is 12.8 Å². The summed E-state index contributed by atoms with van der Waals surface area (Å²) in [5.74, 6) is -1.65. The molecule has 3 rings (SSSR count). The van der Waals surface area contributed by atoms with Crippen molar-refractivity contribution in [2.24, 2.45) is 0 Å². The van der Waals surface area contributed by atoms with Gasteiger partial charge in [0.15, 0.2) is 5.76 Å². The van der Waals surface area contributed by atoms with Crippen LogP contribution in [0.2, 0.25) is 0 Å². The number of amides is 1. The Bertz CT molecular complexity index is 749. The van der Waals surface area contributed by atoms with E-state index in [0.717, 1.165) is 41.3 Å². The van der Waals surface area contributed by atoms with Gasteiger partial charge in [-0.05, 0) is 37.8 Å². The zero-order valence-electron chi connectivity index (χ0n) is 13.0. The Labute approximate surface area is 137 Å². The van der Waals surface area contributed by atoms with Gasteiger partial charge in [-0.3, -0.25) is 4.79 Å². The van der Waals surface area contributed by atoms with Crippen molar-refractivity contribution in [1.29, 1.82) is 0 Å². The van der Waals surface area contributed by atoms with E-state index in [0.29, 0.717) is 0 Å². The minimum Gasteiger partial charge on any atom is -0.475 e. The molecule has 0 fully saturated rings. The van der Waals surface area contributed by atoms with E-state index in [4.69, 9.17) is 9.52 Å².